The Labute approximate surface area is 109 Å². The summed E-state index contributed by atoms with van der Waals surface area (Å²) in [4.78, 5) is 10.0. The number of para-hydroxylation sites is 1. The molecule has 0 aromatic heterocycles. The lowest BCUT2D eigenvalue weighted by Crippen LogP contribution is -2.27. The quantitative estimate of drug-likeness (QED) is 0.898. The normalized spacial score (nSPS) is 10.0. The van der Waals surface area contributed by atoms with E-state index < -0.39 is 11.7 Å². The van der Waals surface area contributed by atoms with Crippen LogP contribution in [-0.4, -0.2) is 18.3 Å². The van der Waals surface area contributed by atoms with E-state index in [4.69, 9.17) is 10.5 Å². The number of rotatable bonds is 3. The van der Waals surface area contributed by atoms with E-state index in [1.54, 1.807) is 20.8 Å². The third kappa shape index (κ3) is 10.8. The molecule has 18 heavy (non-hydrogen) atoms. The molecule has 0 aliphatic heterocycles. The van der Waals surface area contributed by atoms with E-state index in [9.17, 15) is 4.79 Å². The van der Waals surface area contributed by atoms with Gasteiger partial charge in [-0.25, -0.2) is 4.79 Å². The van der Waals surface area contributed by atoms with Gasteiger partial charge in [-0.15, -0.1) is 0 Å². The van der Waals surface area contributed by atoms with Crippen molar-refractivity contribution in [1.29, 1.82) is 0 Å². The van der Waals surface area contributed by atoms with Gasteiger partial charge in [0.1, 0.15) is 11.4 Å². The Kier molecular flexibility index (Phi) is 7.59. The van der Waals surface area contributed by atoms with Gasteiger partial charge in [-0.1, -0.05) is 25.1 Å². The zero-order chi connectivity index (χ0) is 14.0. The Hall–Kier alpha value is -1.71. The fourth-order valence-corrected chi connectivity index (χ4v) is 1.04. The van der Waals surface area contributed by atoms with Crippen LogP contribution in [0, 0.1) is 0 Å². The number of hydrogen-bond acceptors (Lipinski definition) is 3. The minimum atomic E-state index is -0.725. The third-order valence-electron chi connectivity index (χ3n) is 1.62. The van der Waals surface area contributed by atoms with Gasteiger partial charge in [-0.2, -0.15) is 0 Å². The first kappa shape index (κ1) is 16.3. The molecule has 0 aliphatic rings. The van der Waals surface area contributed by atoms with Crippen LogP contribution in [0.5, 0.6) is 5.75 Å². The molecule has 0 saturated carbocycles. The summed E-state index contributed by atoms with van der Waals surface area (Å²) >= 11 is 0. The number of benzene rings is 1. The van der Waals surface area contributed by atoms with E-state index >= 15 is 0 Å². The zero-order valence-electron chi connectivity index (χ0n) is 11.6. The van der Waals surface area contributed by atoms with Gasteiger partial charge in [0.2, 0.25) is 0 Å². The molecule has 1 aromatic carbocycles. The second kappa shape index (κ2) is 8.39. The summed E-state index contributed by atoms with van der Waals surface area (Å²) in [6, 6.07) is 9.88. The van der Waals surface area contributed by atoms with Crippen molar-refractivity contribution in [3.8, 4) is 5.75 Å². The molecule has 102 valence electrons. The molecule has 0 spiro atoms. The highest BCUT2D eigenvalue weighted by atomic mass is 16.6. The average Bonchev–Trinajstić information content (AvgIpc) is 2.25. The number of nitrogens with two attached hydrogens (primary N) is 1. The van der Waals surface area contributed by atoms with E-state index in [1.807, 2.05) is 30.3 Å². The van der Waals surface area contributed by atoms with Crippen molar-refractivity contribution in [2.75, 3.05) is 6.61 Å². The molecule has 0 aliphatic carbocycles. The van der Waals surface area contributed by atoms with Crippen molar-refractivity contribution < 1.29 is 14.3 Å². The van der Waals surface area contributed by atoms with Gasteiger partial charge < -0.3 is 15.2 Å². The predicted octanol–water partition coefficient (Wildman–Crippen LogP) is 3.36. The SMILES string of the molecule is CC(C)(C)OC(N)=O.CCCOc1ccccc1. The van der Waals surface area contributed by atoms with Crippen molar-refractivity contribution >= 4 is 6.09 Å². The maximum atomic E-state index is 10.0. The van der Waals surface area contributed by atoms with Crippen molar-refractivity contribution in [3.05, 3.63) is 30.3 Å². The van der Waals surface area contributed by atoms with Crippen LogP contribution in [0.3, 0.4) is 0 Å². The largest absolute Gasteiger partial charge is 0.494 e. The standard InChI is InChI=1S/C9H12O.C5H11NO2/c1-2-8-10-9-6-4-3-5-7-9;1-5(2,3)8-4(6)7/h3-7H,2,8H2,1H3;1-3H3,(H2,6,7). The average molecular weight is 253 g/mol. The van der Waals surface area contributed by atoms with E-state index in [1.165, 1.54) is 0 Å². The maximum Gasteiger partial charge on any atom is 0.405 e. The summed E-state index contributed by atoms with van der Waals surface area (Å²) in [5.74, 6) is 0.962. The van der Waals surface area contributed by atoms with Gasteiger partial charge in [0, 0.05) is 0 Å². The van der Waals surface area contributed by atoms with E-state index in [0.29, 0.717) is 0 Å². The molecule has 1 aromatic rings. The van der Waals surface area contributed by atoms with Crippen LogP contribution in [0.15, 0.2) is 30.3 Å². The molecule has 2 N–H and O–H groups in total. The van der Waals surface area contributed by atoms with Crippen LogP contribution >= 0.6 is 0 Å². The molecule has 1 rings (SSSR count). The molecular weight excluding hydrogens is 230 g/mol. The minimum absolute atomic E-state index is 0.453. The van der Waals surface area contributed by atoms with Gasteiger partial charge in [-0.05, 0) is 39.3 Å². The molecule has 1 amide bonds. The number of primary amides is 1. The second-order valence-corrected chi connectivity index (χ2v) is 4.69. The Morgan fingerprint density at radius 1 is 1.22 bits per heavy atom. The van der Waals surface area contributed by atoms with Crippen molar-refractivity contribution in [2.24, 2.45) is 5.73 Å². The molecule has 0 saturated heterocycles. The molecule has 0 atom stereocenters. The first-order valence-corrected chi connectivity index (χ1v) is 6.01. The van der Waals surface area contributed by atoms with Crippen LogP contribution in [0.1, 0.15) is 34.1 Å². The van der Waals surface area contributed by atoms with E-state index in [-0.39, 0.29) is 0 Å². The molecule has 0 radical (unpaired) electrons. The summed E-state index contributed by atoms with van der Waals surface area (Å²) in [7, 11) is 0. The number of hydrogen-bond donors (Lipinski definition) is 1. The first-order valence-electron chi connectivity index (χ1n) is 6.01. The number of carbonyl (C=O) groups is 1. The van der Waals surface area contributed by atoms with Crippen LogP contribution in [0.25, 0.3) is 0 Å². The Balaban J connectivity index is 0.000000331. The van der Waals surface area contributed by atoms with Crippen LogP contribution in [0.2, 0.25) is 0 Å². The second-order valence-electron chi connectivity index (χ2n) is 4.69. The van der Waals surface area contributed by atoms with Gasteiger partial charge >= 0.3 is 6.09 Å². The summed E-state index contributed by atoms with van der Waals surface area (Å²) in [6.07, 6.45) is 0.340. The van der Waals surface area contributed by atoms with Crippen molar-refractivity contribution in [1.82, 2.24) is 0 Å². The van der Waals surface area contributed by atoms with Crippen LogP contribution < -0.4 is 10.5 Å². The topological polar surface area (TPSA) is 61.5 Å². The Morgan fingerprint density at radius 2 is 1.78 bits per heavy atom. The fraction of sp³-hybridized carbons (Fsp3) is 0.500. The van der Waals surface area contributed by atoms with Crippen LogP contribution in [-0.2, 0) is 4.74 Å². The monoisotopic (exact) mass is 253 g/mol. The summed E-state index contributed by atoms with van der Waals surface area (Å²) < 4.78 is 9.93. The van der Waals surface area contributed by atoms with Gasteiger partial charge in [0.25, 0.3) is 0 Å². The number of amides is 1. The predicted molar refractivity (Wildman–Crippen MR) is 72.6 cm³/mol. The van der Waals surface area contributed by atoms with Gasteiger partial charge in [-0.3, -0.25) is 0 Å². The molecule has 4 heteroatoms. The van der Waals surface area contributed by atoms with E-state index in [2.05, 4.69) is 11.7 Å². The van der Waals surface area contributed by atoms with Gasteiger partial charge in [0.15, 0.2) is 0 Å². The summed E-state index contributed by atoms with van der Waals surface area (Å²) in [5, 5.41) is 0. The van der Waals surface area contributed by atoms with Crippen LogP contribution in [0.4, 0.5) is 4.79 Å². The summed E-state index contributed by atoms with van der Waals surface area (Å²) in [6.45, 7) is 8.19. The minimum Gasteiger partial charge on any atom is -0.494 e. The number of ether oxygens (including phenoxy) is 2. The Morgan fingerprint density at radius 3 is 2.11 bits per heavy atom. The molecule has 0 unspecified atom stereocenters. The molecular formula is C14H23NO3. The van der Waals surface area contributed by atoms with Crippen molar-refractivity contribution in [2.45, 2.75) is 39.7 Å². The van der Waals surface area contributed by atoms with E-state index in [0.717, 1.165) is 18.8 Å². The highest BCUT2D eigenvalue weighted by molar-refractivity contribution is 5.65. The summed E-state index contributed by atoms with van der Waals surface area (Å²) in [5.41, 5.74) is 4.26. The third-order valence-corrected chi connectivity index (χ3v) is 1.62. The lowest BCUT2D eigenvalue weighted by Gasteiger charge is -2.16. The highest BCUT2D eigenvalue weighted by Gasteiger charge is 2.12. The smallest absolute Gasteiger partial charge is 0.405 e. The lowest BCUT2D eigenvalue weighted by molar-refractivity contribution is 0.0600. The Bertz CT molecular complexity index is 331. The zero-order valence-corrected chi connectivity index (χ0v) is 11.6. The molecule has 4 nitrogen and oxygen atoms in total. The first-order chi connectivity index (χ1) is 8.35. The fourth-order valence-electron chi connectivity index (χ4n) is 1.04. The van der Waals surface area contributed by atoms with Crippen molar-refractivity contribution in [3.63, 3.8) is 0 Å². The number of carbonyl (C=O) groups excluding carboxylic acids is 1. The molecule has 0 fully saturated rings. The molecule has 0 heterocycles. The lowest BCUT2D eigenvalue weighted by atomic mass is 10.2. The van der Waals surface area contributed by atoms with Gasteiger partial charge in [0.05, 0.1) is 6.61 Å². The molecule has 0 bridgehead atoms. The maximum absolute atomic E-state index is 10.0. The highest BCUT2D eigenvalue weighted by Crippen LogP contribution is 2.07.